The Kier molecular flexibility index (Phi) is 6.81. The van der Waals surface area contributed by atoms with Gasteiger partial charge in [-0.1, -0.05) is 13.8 Å². The van der Waals surface area contributed by atoms with Crippen LogP contribution in [0.15, 0.2) is 11.2 Å². The van der Waals surface area contributed by atoms with Gasteiger partial charge in [-0.15, -0.1) is 24.0 Å². The van der Waals surface area contributed by atoms with Crippen molar-refractivity contribution in [2.75, 3.05) is 32.1 Å². The van der Waals surface area contributed by atoms with E-state index in [9.17, 15) is 0 Å². The molecule has 1 saturated carbocycles. The minimum absolute atomic E-state index is 0. The van der Waals surface area contributed by atoms with Crippen molar-refractivity contribution in [3.63, 3.8) is 0 Å². The maximum Gasteiger partial charge on any atom is 0.204 e. The number of anilines is 1. The second-order valence-electron chi connectivity index (χ2n) is 7.89. The zero-order valence-corrected chi connectivity index (χ0v) is 19.1. The van der Waals surface area contributed by atoms with Gasteiger partial charge in [0.15, 0.2) is 5.96 Å². The number of fused-ring (bicyclic) bond motifs is 1. The van der Waals surface area contributed by atoms with E-state index in [4.69, 9.17) is 9.73 Å². The summed E-state index contributed by atoms with van der Waals surface area (Å²) in [5.41, 5.74) is 1.23. The van der Waals surface area contributed by atoms with Crippen LogP contribution in [0.1, 0.15) is 32.9 Å². The summed E-state index contributed by atoms with van der Waals surface area (Å²) in [6.07, 6.45) is 3.42. The molecule has 2 N–H and O–H groups in total. The fourth-order valence-electron chi connectivity index (χ4n) is 4.24. The van der Waals surface area contributed by atoms with Gasteiger partial charge in [-0.2, -0.15) is 0 Å². The standard InChI is InChI=1S/C18H32N6O.HI/c1-7-19-16(20-10-12-11-21-17(23(4)5)24(12)6)22-14-13-8-9-25-15(13)18(14,2)3;/h11,13-15H,7-10H2,1-6H3,(H2,19,20,22);1H. The first kappa shape index (κ1) is 21.3. The third-order valence-corrected chi connectivity index (χ3v) is 5.60. The maximum absolute atomic E-state index is 5.89. The number of nitrogens with zero attached hydrogens (tertiary/aromatic N) is 4. The Hall–Kier alpha value is -1.03. The average molecular weight is 476 g/mol. The zero-order chi connectivity index (χ0) is 18.2. The number of guanidine groups is 1. The molecule has 3 atom stereocenters. The number of nitrogens with one attached hydrogen (secondary N) is 2. The van der Waals surface area contributed by atoms with Crippen LogP contribution in [0.5, 0.6) is 0 Å². The second-order valence-corrected chi connectivity index (χ2v) is 7.89. The number of ether oxygens (including phenoxy) is 1. The predicted molar refractivity (Wildman–Crippen MR) is 116 cm³/mol. The lowest BCUT2D eigenvalue weighted by atomic mass is 9.57. The fraction of sp³-hybridized carbons (Fsp3) is 0.778. The molecular formula is C18H33IN6O. The highest BCUT2D eigenvalue weighted by molar-refractivity contribution is 14.0. The van der Waals surface area contributed by atoms with Gasteiger partial charge in [0.25, 0.3) is 0 Å². The van der Waals surface area contributed by atoms with Crippen LogP contribution in [0.2, 0.25) is 0 Å². The smallest absolute Gasteiger partial charge is 0.204 e. The van der Waals surface area contributed by atoms with Crippen molar-refractivity contribution < 1.29 is 4.74 Å². The van der Waals surface area contributed by atoms with Gasteiger partial charge in [-0.25, -0.2) is 9.98 Å². The van der Waals surface area contributed by atoms with E-state index in [0.29, 0.717) is 24.6 Å². The van der Waals surface area contributed by atoms with Gasteiger partial charge in [0, 0.05) is 51.7 Å². The van der Waals surface area contributed by atoms with Gasteiger partial charge in [0.05, 0.1) is 24.5 Å². The highest BCUT2D eigenvalue weighted by Crippen LogP contribution is 2.52. The first-order valence-electron chi connectivity index (χ1n) is 9.20. The minimum Gasteiger partial charge on any atom is -0.377 e. The molecule has 26 heavy (non-hydrogen) atoms. The van der Waals surface area contributed by atoms with Crippen LogP contribution in [0.3, 0.4) is 0 Å². The molecule has 1 aliphatic carbocycles. The Morgan fingerprint density at radius 3 is 2.81 bits per heavy atom. The van der Waals surface area contributed by atoms with E-state index in [-0.39, 0.29) is 29.4 Å². The molecule has 1 aromatic heterocycles. The molecule has 1 aliphatic heterocycles. The van der Waals surface area contributed by atoms with E-state index < -0.39 is 0 Å². The summed E-state index contributed by atoms with van der Waals surface area (Å²) in [6.45, 7) is 8.99. The Balaban J connectivity index is 0.00000243. The molecule has 3 rings (SSSR count). The molecule has 148 valence electrons. The van der Waals surface area contributed by atoms with Crippen LogP contribution in [0, 0.1) is 11.3 Å². The number of rotatable bonds is 5. The molecule has 2 fully saturated rings. The average Bonchev–Trinajstić information content (AvgIpc) is 3.15. The number of aliphatic imine (C=N–C) groups is 1. The number of hydrogen-bond acceptors (Lipinski definition) is 4. The molecule has 0 bridgehead atoms. The predicted octanol–water partition coefficient (Wildman–Crippen LogP) is 1.97. The number of hydrogen-bond donors (Lipinski definition) is 2. The van der Waals surface area contributed by atoms with E-state index in [0.717, 1.165) is 37.2 Å². The van der Waals surface area contributed by atoms with E-state index in [1.165, 1.54) is 0 Å². The van der Waals surface area contributed by atoms with Crippen molar-refractivity contribution in [2.24, 2.45) is 23.4 Å². The number of imidazole rings is 1. The molecule has 0 amide bonds. The third kappa shape index (κ3) is 3.81. The minimum atomic E-state index is 0. The molecule has 0 radical (unpaired) electrons. The topological polar surface area (TPSA) is 66.7 Å². The van der Waals surface area contributed by atoms with Crippen molar-refractivity contribution in [1.82, 2.24) is 20.2 Å². The largest absolute Gasteiger partial charge is 0.377 e. The molecule has 1 saturated heterocycles. The molecule has 3 unspecified atom stereocenters. The van der Waals surface area contributed by atoms with Crippen molar-refractivity contribution in [1.29, 1.82) is 0 Å². The van der Waals surface area contributed by atoms with Gasteiger partial charge >= 0.3 is 0 Å². The van der Waals surface area contributed by atoms with Gasteiger partial charge < -0.3 is 24.8 Å². The first-order chi connectivity index (χ1) is 11.9. The summed E-state index contributed by atoms with van der Waals surface area (Å²) < 4.78 is 7.98. The van der Waals surface area contributed by atoms with E-state index in [2.05, 4.69) is 41.0 Å². The second kappa shape index (κ2) is 8.33. The lowest BCUT2D eigenvalue weighted by Crippen LogP contribution is -2.67. The molecule has 8 heteroatoms. The third-order valence-electron chi connectivity index (χ3n) is 5.60. The molecule has 2 aliphatic rings. The summed E-state index contributed by atoms with van der Waals surface area (Å²) in [6, 6.07) is 0.404. The van der Waals surface area contributed by atoms with E-state index in [1.807, 2.05) is 32.2 Å². The van der Waals surface area contributed by atoms with Gasteiger partial charge in [0.1, 0.15) is 0 Å². The highest BCUT2D eigenvalue weighted by Gasteiger charge is 2.59. The van der Waals surface area contributed by atoms with Crippen molar-refractivity contribution >= 4 is 35.9 Å². The molecule has 0 spiro atoms. The Morgan fingerprint density at radius 1 is 1.46 bits per heavy atom. The summed E-state index contributed by atoms with van der Waals surface area (Å²) in [7, 11) is 6.03. The van der Waals surface area contributed by atoms with Crippen molar-refractivity contribution in [2.45, 2.75) is 45.9 Å². The monoisotopic (exact) mass is 476 g/mol. The van der Waals surface area contributed by atoms with E-state index in [1.54, 1.807) is 0 Å². The lowest BCUT2D eigenvalue weighted by Gasteiger charge is -2.54. The van der Waals surface area contributed by atoms with E-state index >= 15 is 0 Å². The summed E-state index contributed by atoms with van der Waals surface area (Å²) >= 11 is 0. The lowest BCUT2D eigenvalue weighted by molar-refractivity contribution is -0.106. The normalized spacial score (nSPS) is 26.5. The molecule has 1 aromatic rings. The number of aromatic nitrogens is 2. The van der Waals surface area contributed by atoms with Crippen molar-refractivity contribution in [3.05, 3.63) is 11.9 Å². The summed E-state index contributed by atoms with van der Waals surface area (Å²) in [5, 5.41) is 7.03. The van der Waals surface area contributed by atoms with Gasteiger partial charge in [-0.3, -0.25) is 0 Å². The Bertz CT molecular complexity index is 642. The summed E-state index contributed by atoms with van der Waals surface area (Å²) in [4.78, 5) is 11.3. The SMILES string of the molecule is CCNC(=NCc1cnc(N(C)C)n1C)NC1C2CCOC2C1(C)C.I. The molecular weight excluding hydrogens is 443 g/mol. The quantitative estimate of drug-likeness (QED) is 0.387. The molecule has 0 aromatic carbocycles. The molecule has 7 nitrogen and oxygen atoms in total. The first-order valence-corrected chi connectivity index (χ1v) is 9.20. The fourth-order valence-corrected chi connectivity index (χ4v) is 4.24. The van der Waals surface area contributed by atoms with Crippen LogP contribution in [-0.4, -0.2) is 54.9 Å². The zero-order valence-electron chi connectivity index (χ0n) is 16.7. The van der Waals surface area contributed by atoms with Crippen LogP contribution in [-0.2, 0) is 18.3 Å². The Labute approximate surface area is 174 Å². The van der Waals surface area contributed by atoms with Crippen LogP contribution in [0.4, 0.5) is 5.95 Å². The van der Waals surface area contributed by atoms with Crippen LogP contribution >= 0.6 is 24.0 Å². The van der Waals surface area contributed by atoms with Crippen LogP contribution in [0.25, 0.3) is 0 Å². The summed E-state index contributed by atoms with van der Waals surface area (Å²) in [5.74, 6) is 2.41. The molecule has 2 heterocycles. The Morgan fingerprint density at radius 2 is 2.19 bits per heavy atom. The maximum atomic E-state index is 5.89. The highest BCUT2D eigenvalue weighted by atomic mass is 127. The van der Waals surface area contributed by atoms with Crippen LogP contribution < -0.4 is 15.5 Å². The van der Waals surface area contributed by atoms with Crippen molar-refractivity contribution in [3.8, 4) is 0 Å². The van der Waals surface area contributed by atoms with Gasteiger partial charge in [-0.05, 0) is 13.3 Å². The van der Waals surface area contributed by atoms with Gasteiger partial charge in [0.2, 0.25) is 5.95 Å². The number of halogens is 1.